The van der Waals surface area contributed by atoms with E-state index in [-0.39, 0.29) is 5.54 Å². The summed E-state index contributed by atoms with van der Waals surface area (Å²) in [5, 5.41) is 11.2. The van der Waals surface area contributed by atoms with Crippen LogP contribution < -0.4 is 4.74 Å². The van der Waals surface area contributed by atoms with Crippen molar-refractivity contribution in [2.45, 2.75) is 51.2 Å². The van der Waals surface area contributed by atoms with Crippen LogP contribution in [0, 0.1) is 5.92 Å². The van der Waals surface area contributed by atoms with Crippen LogP contribution in [0.25, 0.3) is 0 Å². The lowest BCUT2D eigenvalue weighted by atomic mass is 9.70. The summed E-state index contributed by atoms with van der Waals surface area (Å²) in [4.78, 5) is 2.22. The number of aliphatic hydroxyl groups is 1. The van der Waals surface area contributed by atoms with Gasteiger partial charge in [0.15, 0.2) is 0 Å². The molecule has 3 atom stereocenters. The van der Waals surface area contributed by atoms with Crippen molar-refractivity contribution in [1.29, 1.82) is 0 Å². The van der Waals surface area contributed by atoms with Gasteiger partial charge in [-0.1, -0.05) is 38.0 Å². The van der Waals surface area contributed by atoms with E-state index in [1.54, 1.807) is 0 Å². The molecule has 1 fully saturated rings. The van der Waals surface area contributed by atoms with Crippen LogP contribution in [0.2, 0.25) is 0 Å². The first-order valence-corrected chi connectivity index (χ1v) is 8.08. The summed E-state index contributed by atoms with van der Waals surface area (Å²) in [6.07, 6.45) is 3.98. The Morgan fingerprint density at radius 1 is 1.38 bits per heavy atom. The van der Waals surface area contributed by atoms with Crippen molar-refractivity contribution in [3.8, 4) is 5.75 Å². The van der Waals surface area contributed by atoms with Crippen molar-refractivity contribution < 1.29 is 9.84 Å². The Hall–Kier alpha value is -1.06. The van der Waals surface area contributed by atoms with E-state index < -0.39 is 6.10 Å². The van der Waals surface area contributed by atoms with E-state index in [1.165, 1.54) is 12.8 Å². The summed E-state index contributed by atoms with van der Waals surface area (Å²) < 4.78 is 5.72. The first-order chi connectivity index (χ1) is 10.0. The molecule has 0 aromatic heterocycles. The van der Waals surface area contributed by atoms with Crippen LogP contribution in [0.5, 0.6) is 5.75 Å². The molecule has 3 unspecified atom stereocenters. The Morgan fingerprint density at radius 3 is 2.71 bits per heavy atom. The number of aliphatic hydroxyl groups excluding tert-OH is 1. The molecule has 1 aromatic carbocycles. The van der Waals surface area contributed by atoms with Crippen LogP contribution in [0.1, 0.15) is 51.2 Å². The normalized spacial score (nSPS) is 27.6. The lowest BCUT2D eigenvalue weighted by molar-refractivity contribution is -0.0461. The minimum atomic E-state index is -0.516. The predicted molar refractivity (Wildman–Crippen MR) is 86.6 cm³/mol. The van der Waals surface area contributed by atoms with E-state index >= 15 is 0 Å². The maximum Gasteiger partial charge on any atom is 0.125 e. The molecule has 3 nitrogen and oxygen atoms in total. The second-order valence-corrected chi connectivity index (χ2v) is 6.57. The zero-order valence-corrected chi connectivity index (χ0v) is 13.8. The van der Waals surface area contributed by atoms with E-state index in [1.807, 2.05) is 31.2 Å². The summed E-state index contributed by atoms with van der Waals surface area (Å²) in [7, 11) is 4.18. The SMILES string of the molecule is CCOc1ccccc1C(O)C1(N(C)C)CCCC(C)C1. The molecule has 1 aliphatic rings. The number of benzene rings is 1. The van der Waals surface area contributed by atoms with Crippen LogP contribution in [0.3, 0.4) is 0 Å². The van der Waals surface area contributed by atoms with Gasteiger partial charge in [0.25, 0.3) is 0 Å². The van der Waals surface area contributed by atoms with Crippen LogP contribution in [0.4, 0.5) is 0 Å². The Balaban J connectivity index is 2.37. The minimum absolute atomic E-state index is 0.190. The maximum atomic E-state index is 11.2. The van der Waals surface area contributed by atoms with E-state index in [4.69, 9.17) is 4.74 Å². The molecular formula is C18H29NO2. The number of likely N-dealkylation sites (N-methyl/N-ethyl adjacent to an activating group) is 1. The minimum Gasteiger partial charge on any atom is -0.493 e. The van der Waals surface area contributed by atoms with Gasteiger partial charge in [-0.05, 0) is 45.8 Å². The Bertz CT molecular complexity index is 460. The van der Waals surface area contributed by atoms with Gasteiger partial charge >= 0.3 is 0 Å². The third-order valence-corrected chi connectivity index (χ3v) is 4.92. The fourth-order valence-corrected chi connectivity index (χ4v) is 3.75. The molecule has 0 aliphatic heterocycles. The van der Waals surface area contributed by atoms with Gasteiger partial charge < -0.3 is 14.7 Å². The van der Waals surface area contributed by atoms with Gasteiger partial charge in [-0.2, -0.15) is 0 Å². The quantitative estimate of drug-likeness (QED) is 0.899. The van der Waals surface area contributed by atoms with E-state index in [0.29, 0.717) is 12.5 Å². The average molecular weight is 291 g/mol. The topological polar surface area (TPSA) is 32.7 Å². The van der Waals surface area contributed by atoms with Crippen molar-refractivity contribution in [2.24, 2.45) is 5.92 Å². The van der Waals surface area contributed by atoms with Gasteiger partial charge in [-0.3, -0.25) is 0 Å². The molecule has 1 aliphatic carbocycles. The number of hydrogen-bond acceptors (Lipinski definition) is 3. The zero-order valence-electron chi connectivity index (χ0n) is 13.8. The third-order valence-electron chi connectivity index (χ3n) is 4.92. The lowest BCUT2D eigenvalue weighted by Crippen LogP contribution is -2.52. The first kappa shape index (κ1) is 16.3. The molecule has 0 bridgehead atoms. The molecule has 21 heavy (non-hydrogen) atoms. The fourth-order valence-electron chi connectivity index (χ4n) is 3.75. The highest BCUT2D eigenvalue weighted by atomic mass is 16.5. The van der Waals surface area contributed by atoms with Crippen LogP contribution >= 0.6 is 0 Å². The molecule has 118 valence electrons. The number of hydrogen-bond donors (Lipinski definition) is 1. The second kappa shape index (κ2) is 6.80. The number of nitrogens with zero attached hydrogens (tertiary/aromatic N) is 1. The van der Waals surface area contributed by atoms with Crippen molar-refractivity contribution >= 4 is 0 Å². The molecule has 1 N–H and O–H groups in total. The van der Waals surface area contributed by atoms with Gasteiger partial charge in [-0.25, -0.2) is 0 Å². The van der Waals surface area contributed by atoms with Gasteiger partial charge in [0, 0.05) is 5.56 Å². The monoisotopic (exact) mass is 291 g/mol. The highest BCUT2D eigenvalue weighted by Crippen LogP contribution is 2.45. The van der Waals surface area contributed by atoms with E-state index in [9.17, 15) is 5.11 Å². The summed E-state index contributed by atoms with van der Waals surface area (Å²) >= 11 is 0. The predicted octanol–water partition coefficient (Wildman–Crippen LogP) is 3.63. The Morgan fingerprint density at radius 2 is 2.10 bits per heavy atom. The summed E-state index contributed by atoms with van der Waals surface area (Å²) in [6, 6.07) is 7.90. The van der Waals surface area contributed by atoms with E-state index in [0.717, 1.165) is 24.2 Å². The van der Waals surface area contributed by atoms with Gasteiger partial charge in [0.1, 0.15) is 11.9 Å². The lowest BCUT2D eigenvalue weighted by Gasteiger charge is -2.48. The Kier molecular flexibility index (Phi) is 5.28. The highest BCUT2D eigenvalue weighted by Gasteiger charge is 2.44. The first-order valence-electron chi connectivity index (χ1n) is 8.08. The standard InChI is InChI=1S/C18H29NO2/c1-5-21-16-11-7-6-10-15(16)17(20)18(19(3)4)12-8-9-14(2)13-18/h6-7,10-11,14,17,20H,5,8-9,12-13H2,1-4H3. The number of ether oxygens (including phenoxy) is 1. The van der Waals surface area contributed by atoms with Crippen molar-refractivity contribution in [2.75, 3.05) is 20.7 Å². The number of para-hydroxylation sites is 1. The molecule has 3 heteroatoms. The maximum absolute atomic E-state index is 11.2. The van der Waals surface area contributed by atoms with Gasteiger partial charge in [0.2, 0.25) is 0 Å². The molecule has 0 spiro atoms. The molecule has 0 heterocycles. The molecule has 0 saturated heterocycles. The van der Waals surface area contributed by atoms with Gasteiger partial charge in [-0.15, -0.1) is 0 Å². The fraction of sp³-hybridized carbons (Fsp3) is 0.667. The molecule has 2 rings (SSSR count). The molecule has 0 amide bonds. The zero-order chi connectivity index (χ0) is 15.5. The van der Waals surface area contributed by atoms with Crippen LogP contribution in [-0.2, 0) is 0 Å². The van der Waals surface area contributed by atoms with Crippen molar-refractivity contribution in [1.82, 2.24) is 4.90 Å². The summed E-state index contributed by atoms with van der Waals surface area (Å²) in [5.74, 6) is 1.46. The molecule has 0 radical (unpaired) electrons. The van der Waals surface area contributed by atoms with Crippen molar-refractivity contribution in [3.05, 3.63) is 29.8 Å². The average Bonchev–Trinajstić information content (AvgIpc) is 2.47. The van der Waals surface area contributed by atoms with Gasteiger partial charge in [0.05, 0.1) is 12.1 Å². The highest BCUT2D eigenvalue weighted by molar-refractivity contribution is 5.37. The number of rotatable bonds is 5. The van der Waals surface area contributed by atoms with Crippen molar-refractivity contribution in [3.63, 3.8) is 0 Å². The van der Waals surface area contributed by atoms with Crippen LogP contribution in [-0.4, -0.2) is 36.2 Å². The summed E-state index contributed by atoms with van der Waals surface area (Å²) in [5.41, 5.74) is 0.729. The molecular weight excluding hydrogens is 262 g/mol. The molecule has 1 aromatic rings. The Labute approximate surface area is 128 Å². The van der Waals surface area contributed by atoms with E-state index in [2.05, 4.69) is 25.9 Å². The third kappa shape index (κ3) is 3.24. The summed E-state index contributed by atoms with van der Waals surface area (Å²) in [6.45, 7) is 4.89. The second-order valence-electron chi connectivity index (χ2n) is 6.57. The molecule has 1 saturated carbocycles. The smallest absolute Gasteiger partial charge is 0.125 e. The largest absolute Gasteiger partial charge is 0.493 e. The van der Waals surface area contributed by atoms with Crippen LogP contribution in [0.15, 0.2) is 24.3 Å².